The molecule has 4 rings (SSSR count). The monoisotopic (exact) mass is 641 g/mol. The van der Waals surface area contributed by atoms with E-state index in [9.17, 15) is 18.0 Å². The number of carbonyl (C=O) groups is 2. The van der Waals surface area contributed by atoms with Gasteiger partial charge >= 0.3 is 0 Å². The summed E-state index contributed by atoms with van der Waals surface area (Å²) in [6, 6.07) is 29.7. The van der Waals surface area contributed by atoms with Gasteiger partial charge in [-0.3, -0.25) is 13.9 Å². The van der Waals surface area contributed by atoms with Gasteiger partial charge in [-0.15, -0.1) is 0 Å². The highest BCUT2D eigenvalue weighted by molar-refractivity contribution is 7.92. The minimum atomic E-state index is -4.17. The summed E-state index contributed by atoms with van der Waals surface area (Å²) in [5, 5.41) is 2.97. The van der Waals surface area contributed by atoms with Crippen molar-refractivity contribution in [3.8, 4) is 5.75 Å². The highest BCUT2D eigenvalue weighted by atomic mass is 32.2. The van der Waals surface area contributed by atoms with Crippen LogP contribution in [0.2, 0.25) is 0 Å². The number of nitrogens with zero attached hydrogens (tertiary/aromatic N) is 2. The molecule has 0 aliphatic carbocycles. The van der Waals surface area contributed by atoms with Gasteiger partial charge in [-0.2, -0.15) is 0 Å². The Bertz CT molecular complexity index is 1710. The molecular weight excluding hydrogens is 598 g/mol. The second-order valence-electron chi connectivity index (χ2n) is 11.2. The zero-order valence-electron chi connectivity index (χ0n) is 27.0. The van der Waals surface area contributed by atoms with Gasteiger partial charge in [-0.05, 0) is 66.8 Å². The first-order valence-electron chi connectivity index (χ1n) is 15.6. The number of hydrogen-bond donors (Lipinski definition) is 1. The van der Waals surface area contributed by atoms with E-state index in [0.717, 1.165) is 28.7 Å². The molecule has 242 valence electrons. The molecule has 0 radical (unpaired) electrons. The summed E-state index contributed by atoms with van der Waals surface area (Å²) in [6.07, 6.45) is 1.54. The standard InChI is InChI=1S/C37H43N3O5S/c1-5-23-38-37(42)35(25-29-13-8-7-9-14-29)39(26-30-15-12-17-32(24-30)45-4)36(41)27-40(34-18-11-10-16-31(34)6-2)46(43,44)33-21-19-28(3)20-22-33/h7-22,24,35H,5-6,23,25-27H2,1-4H3,(H,38,42)/t35-/m0/s1. The van der Waals surface area contributed by atoms with Gasteiger partial charge in [0.1, 0.15) is 18.3 Å². The number of anilines is 1. The van der Waals surface area contributed by atoms with Crippen LogP contribution in [0.25, 0.3) is 0 Å². The summed E-state index contributed by atoms with van der Waals surface area (Å²) in [5.41, 5.74) is 3.75. The zero-order chi connectivity index (χ0) is 33.1. The quantitative estimate of drug-likeness (QED) is 0.174. The van der Waals surface area contributed by atoms with Crippen molar-refractivity contribution in [2.45, 2.75) is 57.5 Å². The van der Waals surface area contributed by atoms with E-state index in [2.05, 4.69) is 5.32 Å². The van der Waals surface area contributed by atoms with Crippen LogP contribution in [0.3, 0.4) is 0 Å². The number of amides is 2. The molecule has 0 aliphatic heterocycles. The van der Waals surface area contributed by atoms with Crippen LogP contribution in [0.15, 0.2) is 108 Å². The van der Waals surface area contributed by atoms with Crippen LogP contribution in [0.1, 0.15) is 42.5 Å². The number of nitrogens with one attached hydrogen (secondary N) is 1. The second kappa shape index (κ2) is 16.1. The third kappa shape index (κ3) is 8.54. The van der Waals surface area contributed by atoms with Crippen LogP contribution in [0, 0.1) is 6.92 Å². The van der Waals surface area contributed by atoms with Crippen molar-refractivity contribution < 1.29 is 22.7 Å². The average molecular weight is 642 g/mol. The summed E-state index contributed by atoms with van der Waals surface area (Å²) >= 11 is 0. The molecule has 0 spiro atoms. The van der Waals surface area contributed by atoms with Crippen molar-refractivity contribution in [3.63, 3.8) is 0 Å². The Morgan fingerprint density at radius 2 is 1.52 bits per heavy atom. The zero-order valence-corrected chi connectivity index (χ0v) is 27.8. The van der Waals surface area contributed by atoms with Crippen molar-refractivity contribution in [1.82, 2.24) is 10.2 Å². The van der Waals surface area contributed by atoms with Crippen molar-refractivity contribution in [2.24, 2.45) is 0 Å². The van der Waals surface area contributed by atoms with Crippen molar-refractivity contribution in [1.29, 1.82) is 0 Å². The van der Waals surface area contributed by atoms with Crippen molar-refractivity contribution >= 4 is 27.5 Å². The van der Waals surface area contributed by atoms with Gasteiger partial charge in [0.05, 0.1) is 17.7 Å². The summed E-state index contributed by atoms with van der Waals surface area (Å²) in [4.78, 5) is 30.0. The third-order valence-electron chi connectivity index (χ3n) is 7.84. The molecule has 4 aromatic carbocycles. The van der Waals surface area contributed by atoms with Gasteiger partial charge < -0.3 is 15.0 Å². The number of benzene rings is 4. The normalized spacial score (nSPS) is 11.8. The lowest BCUT2D eigenvalue weighted by Crippen LogP contribution is -2.53. The van der Waals surface area contributed by atoms with Crippen molar-refractivity contribution in [3.05, 3.63) is 125 Å². The van der Waals surface area contributed by atoms with E-state index in [1.165, 1.54) is 9.21 Å². The minimum Gasteiger partial charge on any atom is -0.497 e. The molecule has 4 aromatic rings. The lowest BCUT2D eigenvalue weighted by molar-refractivity contribution is -0.140. The summed E-state index contributed by atoms with van der Waals surface area (Å²) in [7, 11) is -2.60. The molecule has 0 saturated carbocycles. The minimum absolute atomic E-state index is 0.0704. The smallest absolute Gasteiger partial charge is 0.264 e. The molecule has 0 bridgehead atoms. The van der Waals surface area contributed by atoms with E-state index in [-0.39, 0.29) is 23.8 Å². The highest BCUT2D eigenvalue weighted by Gasteiger charge is 2.35. The van der Waals surface area contributed by atoms with Crippen LogP contribution in [-0.2, 0) is 39.0 Å². The van der Waals surface area contributed by atoms with Crippen LogP contribution >= 0.6 is 0 Å². The van der Waals surface area contributed by atoms with E-state index in [1.807, 2.05) is 87.5 Å². The largest absolute Gasteiger partial charge is 0.497 e. The molecule has 0 fully saturated rings. The third-order valence-corrected chi connectivity index (χ3v) is 9.61. The Morgan fingerprint density at radius 3 is 2.20 bits per heavy atom. The molecular formula is C37H43N3O5S. The topological polar surface area (TPSA) is 96.0 Å². The van der Waals surface area contributed by atoms with E-state index in [1.54, 1.807) is 43.5 Å². The molecule has 0 unspecified atom stereocenters. The molecule has 8 nitrogen and oxygen atoms in total. The van der Waals surface area contributed by atoms with Gasteiger partial charge in [0.15, 0.2) is 0 Å². The fraction of sp³-hybridized carbons (Fsp3) is 0.297. The SMILES string of the molecule is CCCNC(=O)[C@H](Cc1ccccc1)N(Cc1cccc(OC)c1)C(=O)CN(c1ccccc1CC)S(=O)(=O)c1ccc(C)cc1. The Hall–Kier alpha value is -4.63. The van der Waals surface area contributed by atoms with E-state index in [4.69, 9.17) is 4.74 Å². The van der Waals surface area contributed by atoms with E-state index < -0.39 is 28.5 Å². The molecule has 1 atom stereocenters. The second-order valence-corrected chi connectivity index (χ2v) is 13.0. The number of ether oxygens (including phenoxy) is 1. The van der Waals surface area contributed by atoms with Gasteiger partial charge in [0.2, 0.25) is 11.8 Å². The molecule has 9 heteroatoms. The average Bonchev–Trinajstić information content (AvgIpc) is 3.08. The number of rotatable bonds is 15. The van der Waals surface area contributed by atoms with E-state index >= 15 is 0 Å². The Kier molecular flexibility index (Phi) is 12.0. The Labute approximate surface area is 273 Å². The first-order chi connectivity index (χ1) is 22.2. The Balaban J connectivity index is 1.83. The molecule has 46 heavy (non-hydrogen) atoms. The van der Waals surface area contributed by atoms with Crippen LogP contribution in [-0.4, -0.2) is 51.4 Å². The number of methoxy groups -OCH3 is 1. The van der Waals surface area contributed by atoms with Gasteiger partial charge in [-0.25, -0.2) is 8.42 Å². The first kappa shape index (κ1) is 34.2. The summed E-state index contributed by atoms with van der Waals surface area (Å²) in [6.45, 7) is 5.82. The molecule has 0 aromatic heterocycles. The summed E-state index contributed by atoms with van der Waals surface area (Å²) in [5.74, 6) is -0.193. The number of hydrogen-bond acceptors (Lipinski definition) is 5. The first-order valence-corrected chi connectivity index (χ1v) is 17.0. The number of sulfonamides is 1. The van der Waals surface area contributed by atoms with Crippen LogP contribution < -0.4 is 14.4 Å². The predicted molar refractivity (Wildman–Crippen MR) is 182 cm³/mol. The molecule has 0 saturated heterocycles. The van der Waals surface area contributed by atoms with E-state index in [0.29, 0.717) is 24.4 Å². The van der Waals surface area contributed by atoms with Crippen molar-refractivity contribution in [2.75, 3.05) is 24.5 Å². The molecule has 0 heterocycles. The van der Waals surface area contributed by atoms with Crippen LogP contribution in [0.5, 0.6) is 5.75 Å². The van der Waals surface area contributed by atoms with Gasteiger partial charge in [0, 0.05) is 19.5 Å². The van der Waals surface area contributed by atoms with Crippen LogP contribution in [0.4, 0.5) is 5.69 Å². The maximum Gasteiger partial charge on any atom is 0.264 e. The Morgan fingerprint density at radius 1 is 0.848 bits per heavy atom. The predicted octanol–water partition coefficient (Wildman–Crippen LogP) is 5.93. The maximum absolute atomic E-state index is 14.6. The van der Waals surface area contributed by atoms with Gasteiger partial charge in [0.25, 0.3) is 10.0 Å². The molecule has 0 aliphatic rings. The lowest BCUT2D eigenvalue weighted by atomic mass is 10.0. The molecule has 2 amide bonds. The fourth-order valence-corrected chi connectivity index (χ4v) is 6.74. The summed E-state index contributed by atoms with van der Waals surface area (Å²) < 4.78 is 35.2. The number of para-hydroxylation sites is 1. The fourth-order valence-electron chi connectivity index (χ4n) is 5.29. The molecule has 1 N–H and O–H groups in total. The maximum atomic E-state index is 14.6. The lowest BCUT2D eigenvalue weighted by Gasteiger charge is -2.34. The highest BCUT2D eigenvalue weighted by Crippen LogP contribution is 2.29. The van der Waals surface area contributed by atoms with Gasteiger partial charge in [-0.1, -0.05) is 92.2 Å². The number of aryl methyl sites for hydroxylation is 2. The number of carbonyl (C=O) groups excluding carboxylic acids is 2.